The van der Waals surface area contributed by atoms with Gasteiger partial charge in [-0.05, 0) is 0 Å². The summed E-state index contributed by atoms with van der Waals surface area (Å²) in [6, 6.07) is 44.0. The van der Waals surface area contributed by atoms with Crippen molar-refractivity contribution in [2.24, 2.45) is 0 Å². The Hall–Kier alpha value is -2.29. The zero-order valence-electron chi connectivity index (χ0n) is 17.8. The molecule has 170 valence electrons. The molecule has 8 heteroatoms. The Morgan fingerprint density at radius 3 is 0.688 bits per heavy atom. The molecule has 0 aromatic heterocycles. The Balaban J connectivity index is 0.000000423. The molecule has 0 radical (unpaired) electrons. The second kappa shape index (κ2) is 8.57. The summed E-state index contributed by atoms with van der Waals surface area (Å²) in [5, 5.41) is 5.66. The first kappa shape index (κ1) is 24.4. The molecule has 0 atom stereocenters. The number of halogens is 6. The van der Waals surface area contributed by atoms with E-state index in [0.717, 1.165) is 0 Å². The normalized spacial score (nSPS) is 14.3. The molecular weight excluding hydrogens is 555 g/mol. The van der Waals surface area contributed by atoms with E-state index in [-0.39, 0.29) is 1.43 Å². The van der Waals surface area contributed by atoms with Crippen LogP contribution in [-0.4, -0.2) is 19.5 Å². The Morgan fingerprint density at radius 2 is 0.531 bits per heavy atom. The van der Waals surface area contributed by atoms with Gasteiger partial charge in [0.2, 0.25) is 0 Å². The molecule has 0 bridgehead atoms. The van der Waals surface area contributed by atoms with Crippen LogP contribution >= 0.6 is 7.26 Å². The third kappa shape index (κ3) is 6.85. The van der Waals surface area contributed by atoms with Gasteiger partial charge in [-0.2, -0.15) is 0 Å². The van der Waals surface area contributed by atoms with Crippen LogP contribution in [0.4, 0.5) is 16.9 Å². The van der Waals surface area contributed by atoms with Crippen LogP contribution in [0.3, 0.4) is 0 Å². The average Bonchev–Trinajstić information content (AvgIpc) is 2.75. The van der Waals surface area contributed by atoms with Gasteiger partial charge in [0, 0.05) is 0 Å². The van der Waals surface area contributed by atoms with Gasteiger partial charge in [0.25, 0.3) is 0 Å². The van der Waals surface area contributed by atoms with Gasteiger partial charge < -0.3 is 0 Å². The topological polar surface area (TPSA) is 0 Å². The average molecular weight is 577 g/mol. The van der Waals surface area contributed by atoms with Crippen molar-refractivity contribution in [3.8, 4) is 0 Å². The Labute approximate surface area is 187 Å². The fourth-order valence-electron chi connectivity index (χ4n) is 3.75. The quantitative estimate of drug-likeness (QED) is 0.152. The number of rotatable bonds is 4. The molecule has 0 aliphatic rings. The van der Waals surface area contributed by atoms with Crippen molar-refractivity contribution in [1.82, 2.24) is 0 Å². The van der Waals surface area contributed by atoms with E-state index in [1.54, 1.807) is 0 Å². The predicted octanol–water partition coefficient (Wildman–Crippen LogP) is 6.29. The van der Waals surface area contributed by atoms with E-state index in [1.165, 1.54) is 21.2 Å². The standard InChI is InChI=1S/C24H21P.6FH.Sb/c1-5-13-21(14-6-1)25(22-15-7-2-8-16-22,23-17-9-3-10-18-23)24-19-11-4-12-20-24;;;;;;;/h1-20,25H;6*1H;/q;;;;;;;+5/p-5. The summed E-state index contributed by atoms with van der Waals surface area (Å²) in [7, 11) is -2.30. The Morgan fingerprint density at radius 1 is 0.375 bits per heavy atom. The second-order valence-corrected chi connectivity index (χ2v) is 16.5. The third-order valence-corrected chi connectivity index (χ3v) is 9.62. The van der Waals surface area contributed by atoms with E-state index in [2.05, 4.69) is 121 Å². The van der Waals surface area contributed by atoms with Crippen LogP contribution in [0.5, 0.6) is 0 Å². The summed E-state index contributed by atoms with van der Waals surface area (Å²) in [5.41, 5.74) is 0. The molecule has 4 aromatic rings. The molecule has 0 aliphatic heterocycles. The van der Waals surface area contributed by atoms with E-state index in [0.29, 0.717) is 0 Å². The van der Waals surface area contributed by atoms with Crippen LogP contribution in [0.1, 0.15) is 1.43 Å². The van der Waals surface area contributed by atoms with E-state index >= 15 is 0 Å². The number of benzene rings is 4. The zero-order valence-corrected chi connectivity index (χ0v) is 20.3. The Kier molecular flexibility index (Phi) is 6.52. The zero-order chi connectivity index (χ0) is 23.4. The molecule has 0 spiro atoms. The molecule has 0 heterocycles. The van der Waals surface area contributed by atoms with Gasteiger partial charge >= 0.3 is 188 Å². The molecule has 0 aliphatic carbocycles. The molecule has 0 saturated heterocycles. The van der Waals surface area contributed by atoms with Crippen molar-refractivity contribution in [3.05, 3.63) is 121 Å². The summed E-state index contributed by atoms with van der Waals surface area (Å²) >= 11 is -11.2. The van der Waals surface area contributed by atoms with Gasteiger partial charge in [0.05, 0.1) is 0 Å². The van der Waals surface area contributed by atoms with Crippen molar-refractivity contribution < 1.29 is 18.3 Å². The summed E-state index contributed by atoms with van der Waals surface area (Å²) < 4.78 is 59.6. The van der Waals surface area contributed by atoms with Crippen molar-refractivity contribution in [2.45, 2.75) is 0 Å². The van der Waals surface area contributed by atoms with Gasteiger partial charge in [-0.25, -0.2) is 0 Å². The van der Waals surface area contributed by atoms with Crippen LogP contribution in [0.15, 0.2) is 121 Å². The summed E-state index contributed by atoms with van der Waals surface area (Å²) in [5.74, 6) is 0. The van der Waals surface area contributed by atoms with Gasteiger partial charge in [-0.3, -0.25) is 0 Å². The first-order valence-corrected chi connectivity index (χ1v) is 17.4. The fourth-order valence-corrected chi connectivity index (χ4v) is 8.52. The van der Waals surface area contributed by atoms with Gasteiger partial charge in [-0.1, -0.05) is 0 Å². The molecule has 0 fully saturated rings. The molecule has 0 unspecified atom stereocenters. The molecule has 0 nitrogen and oxygen atoms in total. The van der Waals surface area contributed by atoms with Gasteiger partial charge in [-0.15, -0.1) is 0 Å². The molecular formula is C24H22F6PSb. The number of hydrogen-bond acceptors (Lipinski definition) is 0. The van der Waals surface area contributed by atoms with E-state index in [4.69, 9.17) is 0 Å². The number of hydrogen-bond donors (Lipinski definition) is 0. The van der Waals surface area contributed by atoms with Crippen LogP contribution < -0.4 is 21.2 Å². The van der Waals surface area contributed by atoms with Crippen molar-refractivity contribution in [1.29, 1.82) is 0 Å². The van der Waals surface area contributed by atoms with Crippen molar-refractivity contribution >= 4 is 48.0 Å². The molecule has 0 N–H and O–H groups in total. The second-order valence-electron chi connectivity index (χ2n) is 7.17. The Bertz CT molecular complexity index is 967. The summed E-state index contributed by atoms with van der Waals surface area (Å²) in [4.78, 5) is 0. The minimum absolute atomic E-state index is 0. The van der Waals surface area contributed by atoms with Crippen LogP contribution in [0, 0.1) is 0 Å². The minimum atomic E-state index is -11.2. The van der Waals surface area contributed by atoms with Gasteiger partial charge in [0.1, 0.15) is 0 Å². The monoisotopic (exact) mass is 576 g/mol. The molecule has 32 heavy (non-hydrogen) atoms. The van der Waals surface area contributed by atoms with E-state index in [9.17, 15) is 16.9 Å². The molecule has 0 saturated carbocycles. The van der Waals surface area contributed by atoms with Crippen LogP contribution in [0.25, 0.3) is 0 Å². The summed E-state index contributed by atoms with van der Waals surface area (Å²) in [6.45, 7) is 0. The molecule has 0 amide bonds. The summed E-state index contributed by atoms with van der Waals surface area (Å²) in [6.07, 6.45) is 0. The third-order valence-electron chi connectivity index (χ3n) is 4.83. The first-order valence-electron chi connectivity index (χ1n) is 9.66. The predicted molar refractivity (Wildman–Crippen MR) is 126 cm³/mol. The van der Waals surface area contributed by atoms with Crippen LogP contribution in [-0.2, 0) is 0 Å². The first-order chi connectivity index (χ1) is 14.9. The maximum atomic E-state index is 9.93. The van der Waals surface area contributed by atoms with Crippen molar-refractivity contribution in [2.75, 3.05) is 0 Å². The van der Waals surface area contributed by atoms with Gasteiger partial charge in [0.15, 0.2) is 0 Å². The van der Waals surface area contributed by atoms with E-state index < -0.39 is 26.7 Å². The van der Waals surface area contributed by atoms with Crippen LogP contribution in [0.2, 0.25) is 0 Å². The SMILES string of the molecule is [F][Sb-]([F])([F])([F])([F])[F].[H+].c1ccc([PH](c2ccccc2)(c2ccccc2)c2ccccc2)cc1. The molecule has 4 rings (SSSR count). The van der Waals surface area contributed by atoms with Crippen molar-refractivity contribution in [3.63, 3.8) is 0 Å². The fraction of sp³-hybridized carbons (Fsp3) is 0. The van der Waals surface area contributed by atoms with E-state index in [1.807, 2.05) is 0 Å². The molecule has 4 aromatic carbocycles. The maximum absolute atomic E-state index is 11.2.